The van der Waals surface area contributed by atoms with E-state index in [2.05, 4.69) is 11.8 Å². The molecule has 0 N–H and O–H groups in total. The quantitative estimate of drug-likeness (QED) is 0.742. The average molecular weight is 415 g/mol. The molecule has 1 aromatic carbocycles. The van der Waals surface area contributed by atoms with E-state index in [9.17, 15) is 9.59 Å². The fraction of sp³-hybridized carbons (Fsp3) is 0.455. The summed E-state index contributed by atoms with van der Waals surface area (Å²) in [6, 6.07) is 13.9. The molecule has 1 atom stereocenters. The molecule has 148 valence electrons. The molecule has 1 spiro atoms. The molecule has 6 heteroatoms. The molecule has 2 fully saturated rings. The Kier molecular flexibility index (Phi) is 5.78. The summed E-state index contributed by atoms with van der Waals surface area (Å²) < 4.78 is 0. The van der Waals surface area contributed by atoms with Gasteiger partial charge < -0.3 is 9.80 Å². The van der Waals surface area contributed by atoms with Gasteiger partial charge in [0.15, 0.2) is 0 Å². The molecule has 3 heterocycles. The molecule has 0 bridgehead atoms. The molecule has 2 aliphatic rings. The van der Waals surface area contributed by atoms with Gasteiger partial charge in [0, 0.05) is 25.4 Å². The molecule has 1 aromatic heterocycles. The van der Waals surface area contributed by atoms with Crippen LogP contribution in [0.1, 0.15) is 47.3 Å². The van der Waals surface area contributed by atoms with Gasteiger partial charge in [0.2, 0.25) is 5.91 Å². The zero-order valence-electron chi connectivity index (χ0n) is 16.2. The van der Waals surface area contributed by atoms with Crippen molar-refractivity contribution < 1.29 is 9.59 Å². The first-order valence-electron chi connectivity index (χ1n) is 9.98. The number of amides is 2. The van der Waals surface area contributed by atoms with Crippen molar-refractivity contribution in [2.75, 3.05) is 25.4 Å². The molecule has 0 saturated carbocycles. The lowest BCUT2D eigenvalue weighted by atomic mass is 9.93. The van der Waals surface area contributed by atoms with Gasteiger partial charge in [0.05, 0.1) is 15.7 Å². The van der Waals surface area contributed by atoms with Crippen molar-refractivity contribution in [1.29, 1.82) is 0 Å². The Balaban J connectivity index is 1.45. The molecule has 28 heavy (non-hydrogen) atoms. The summed E-state index contributed by atoms with van der Waals surface area (Å²) in [5.74, 6) is 1.28. The maximum Gasteiger partial charge on any atom is 0.265 e. The number of nitrogens with zero attached hydrogens (tertiary/aromatic N) is 2. The van der Waals surface area contributed by atoms with Gasteiger partial charge in [0.25, 0.3) is 5.91 Å². The van der Waals surface area contributed by atoms with Gasteiger partial charge in [0.1, 0.15) is 0 Å². The lowest BCUT2D eigenvalue weighted by Crippen LogP contribution is -2.54. The summed E-state index contributed by atoms with van der Waals surface area (Å²) in [5.41, 5.74) is 1.10. The Morgan fingerprint density at radius 2 is 1.82 bits per heavy atom. The third kappa shape index (κ3) is 3.60. The third-order valence-electron chi connectivity index (χ3n) is 5.92. The number of hydrogen-bond acceptors (Lipinski definition) is 4. The molecule has 0 radical (unpaired) electrons. The van der Waals surface area contributed by atoms with Gasteiger partial charge in [-0.2, -0.15) is 0 Å². The molecular formula is C22H26N2O2S2. The van der Waals surface area contributed by atoms with Crippen LogP contribution in [-0.4, -0.2) is 51.9 Å². The second kappa shape index (κ2) is 8.29. The summed E-state index contributed by atoms with van der Waals surface area (Å²) in [7, 11) is 0. The van der Waals surface area contributed by atoms with Crippen LogP contribution in [0.3, 0.4) is 0 Å². The van der Waals surface area contributed by atoms with Crippen molar-refractivity contribution >= 4 is 34.9 Å². The highest BCUT2D eigenvalue weighted by Gasteiger charge is 2.47. The molecule has 1 unspecified atom stereocenters. The number of hydrogen-bond donors (Lipinski definition) is 0. The highest BCUT2D eigenvalue weighted by molar-refractivity contribution is 8.00. The SMILES string of the molecule is CCC(C(=O)N1CCC2(CC1)SCCN2C(=O)c1cccs1)c1ccccc1. The van der Waals surface area contributed by atoms with Crippen LogP contribution in [0.5, 0.6) is 0 Å². The van der Waals surface area contributed by atoms with E-state index in [0.717, 1.165) is 55.1 Å². The van der Waals surface area contributed by atoms with Crippen molar-refractivity contribution in [2.24, 2.45) is 0 Å². The Morgan fingerprint density at radius 1 is 1.07 bits per heavy atom. The van der Waals surface area contributed by atoms with Gasteiger partial charge >= 0.3 is 0 Å². The number of piperidine rings is 1. The first-order valence-corrected chi connectivity index (χ1v) is 11.8. The van der Waals surface area contributed by atoms with Gasteiger partial charge in [-0.05, 0) is 36.3 Å². The summed E-state index contributed by atoms with van der Waals surface area (Å²) in [6.07, 6.45) is 2.51. The minimum Gasteiger partial charge on any atom is -0.342 e. The summed E-state index contributed by atoms with van der Waals surface area (Å²) in [6.45, 7) is 4.33. The van der Waals surface area contributed by atoms with Crippen molar-refractivity contribution in [3.05, 3.63) is 58.3 Å². The minimum atomic E-state index is -0.147. The normalized spacial score (nSPS) is 19.8. The molecular weight excluding hydrogens is 388 g/mol. The highest BCUT2D eigenvalue weighted by atomic mass is 32.2. The van der Waals surface area contributed by atoms with Gasteiger partial charge in [-0.15, -0.1) is 23.1 Å². The molecule has 2 aromatic rings. The topological polar surface area (TPSA) is 40.6 Å². The molecule has 4 nitrogen and oxygen atoms in total. The Bertz CT molecular complexity index is 814. The fourth-order valence-corrected chi connectivity index (χ4v) is 6.50. The lowest BCUT2D eigenvalue weighted by molar-refractivity contribution is -0.134. The minimum absolute atomic E-state index is 0.0738. The number of likely N-dealkylation sites (tertiary alicyclic amines) is 1. The van der Waals surface area contributed by atoms with Crippen LogP contribution in [0.4, 0.5) is 0 Å². The zero-order valence-corrected chi connectivity index (χ0v) is 17.8. The number of carbonyl (C=O) groups excluding carboxylic acids is 2. The van der Waals surface area contributed by atoms with E-state index < -0.39 is 0 Å². The van der Waals surface area contributed by atoms with Crippen molar-refractivity contribution in [3.63, 3.8) is 0 Å². The Morgan fingerprint density at radius 3 is 2.46 bits per heavy atom. The predicted octanol–water partition coefficient (Wildman–Crippen LogP) is 4.45. The monoisotopic (exact) mass is 414 g/mol. The van der Waals surface area contributed by atoms with E-state index in [-0.39, 0.29) is 22.6 Å². The van der Waals surface area contributed by atoms with Gasteiger partial charge in [-0.25, -0.2) is 0 Å². The second-order valence-corrected chi connectivity index (χ2v) is 9.83. The molecule has 0 aliphatic carbocycles. The number of thiophene rings is 1. The average Bonchev–Trinajstić information content (AvgIpc) is 3.40. The Hall–Kier alpha value is -1.79. The smallest absolute Gasteiger partial charge is 0.265 e. The van der Waals surface area contributed by atoms with Gasteiger partial charge in [-0.1, -0.05) is 43.3 Å². The van der Waals surface area contributed by atoms with E-state index in [0.29, 0.717) is 0 Å². The van der Waals surface area contributed by atoms with Gasteiger partial charge in [-0.3, -0.25) is 9.59 Å². The number of thioether (sulfide) groups is 1. The Labute approximate surface area is 174 Å². The summed E-state index contributed by atoms with van der Waals surface area (Å²) in [5, 5.41) is 1.96. The number of carbonyl (C=O) groups is 2. The molecule has 4 rings (SSSR count). The predicted molar refractivity (Wildman–Crippen MR) is 116 cm³/mol. The van der Waals surface area contributed by atoms with Crippen LogP contribution in [-0.2, 0) is 4.79 Å². The summed E-state index contributed by atoms with van der Waals surface area (Å²) >= 11 is 3.41. The molecule has 2 saturated heterocycles. The van der Waals surface area contributed by atoms with Crippen molar-refractivity contribution in [1.82, 2.24) is 9.80 Å². The first kappa shape index (κ1) is 19.5. The van der Waals surface area contributed by atoms with Crippen LogP contribution in [0.25, 0.3) is 0 Å². The largest absolute Gasteiger partial charge is 0.342 e. The number of benzene rings is 1. The maximum absolute atomic E-state index is 13.2. The van der Waals surface area contributed by atoms with Crippen LogP contribution in [0.2, 0.25) is 0 Å². The van der Waals surface area contributed by atoms with Crippen molar-refractivity contribution in [3.8, 4) is 0 Å². The first-order chi connectivity index (χ1) is 13.6. The second-order valence-electron chi connectivity index (χ2n) is 7.43. The van der Waals surface area contributed by atoms with E-state index >= 15 is 0 Å². The van der Waals surface area contributed by atoms with E-state index in [1.165, 1.54) is 11.3 Å². The molecule has 2 amide bonds. The standard InChI is InChI=1S/C22H26N2O2S2/c1-2-18(17-7-4-3-5-8-17)20(25)23-12-10-22(11-13-23)24(14-16-28-22)21(26)19-9-6-15-27-19/h3-9,15,18H,2,10-14,16H2,1H3. The maximum atomic E-state index is 13.2. The lowest BCUT2D eigenvalue weighted by Gasteiger charge is -2.44. The third-order valence-corrected chi connectivity index (χ3v) is 8.33. The van der Waals surface area contributed by atoms with Crippen LogP contribution >= 0.6 is 23.1 Å². The van der Waals surface area contributed by atoms with Crippen LogP contribution < -0.4 is 0 Å². The van der Waals surface area contributed by atoms with Crippen molar-refractivity contribution in [2.45, 2.75) is 37.0 Å². The van der Waals surface area contributed by atoms with E-state index in [4.69, 9.17) is 0 Å². The van der Waals surface area contributed by atoms with Crippen LogP contribution in [0.15, 0.2) is 47.8 Å². The highest BCUT2D eigenvalue weighted by Crippen LogP contribution is 2.45. The zero-order chi connectivity index (χ0) is 19.6. The van der Waals surface area contributed by atoms with Crippen LogP contribution in [0, 0.1) is 0 Å². The fourth-order valence-electron chi connectivity index (χ4n) is 4.38. The molecule has 2 aliphatic heterocycles. The number of rotatable bonds is 4. The van der Waals surface area contributed by atoms with E-state index in [1.807, 2.05) is 64.5 Å². The summed E-state index contributed by atoms with van der Waals surface area (Å²) in [4.78, 5) is 30.9. The van der Waals surface area contributed by atoms with E-state index in [1.54, 1.807) is 0 Å².